The molecule has 2 aromatic carbocycles. The summed E-state index contributed by atoms with van der Waals surface area (Å²) in [6.07, 6.45) is 2.87. The summed E-state index contributed by atoms with van der Waals surface area (Å²) in [4.78, 5) is 16.5. The number of ether oxygens (including phenoxy) is 3. The Kier molecular flexibility index (Phi) is 5.34. The fourth-order valence-electron chi connectivity index (χ4n) is 4.23. The monoisotopic (exact) mass is 394 g/mol. The molecule has 6 nitrogen and oxygen atoms in total. The maximum atomic E-state index is 13.0. The van der Waals surface area contributed by atoms with Gasteiger partial charge in [0.15, 0.2) is 11.5 Å². The largest absolute Gasteiger partial charge is 0.493 e. The van der Waals surface area contributed by atoms with Gasteiger partial charge in [0.1, 0.15) is 0 Å². The van der Waals surface area contributed by atoms with Crippen molar-refractivity contribution in [2.75, 3.05) is 21.3 Å². The van der Waals surface area contributed by atoms with E-state index < -0.39 is 0 Å². The highest BCUT2D eigenvalue weighted by molar-refractivity contribution is 5.90. The van der Waals surface area contributed by atoms with Gasteiger partial charge in [-0.2, -0.15) is 0 Å². The van der Waals surface area contributed by atoms with Gasteiger partial charge in [0.05, 0.1) is 27.2 Å². The molecule has 1 amide bonds. The number of fused-ring (bicyclic) bond motifs is 3. The number of H-pyrrole nitrogens is 1. The molecule has 1 heterocycles. The lowest BCUT2D eigenvalue weighted by Crippen LogP contribution is -2.31. The summed E-state index contributed by atoms with van der Waals surface area (Å²) in [5.74, 6) is 1.57. The van der Waals surface area contributed by atoms with E-state index in [9.17, 15) is 4.79 Å². The SMILES string of the molecule is COc1cc(CNC(=O)C2CCCc3c2[nH]c2ccccc32)cc(OC)c1OC. The lowest BCUT2D eigenvalue weighted by molar-refractivity contribution is -0.123. The number of rotatable bonds is 6. The molecule has 0 aliphatic heterocycles. The van der Waals surface area contributed by atoms with E-state index in [1.54, 1.807) is 21.3 Å². The van der Waals surface area contributed by atoms with Crippen LogP contribution in [0.3, 0.4) is 0 Å². The van der Waals surface area contributed by atoms with Gasteiger partial charge in [0.25, 0.3) is 0 Å². The van der Waals surface area contributed by atoms with Crippen LogP contribution < -0.4 is 19.5 Å². The maximum absolute atomic E-state index is 13.0. The number of methoxy groups -OCH3 is 3. The minimum atomic E-state index is -0.159. The van der Waals surface area contributed by atoms with Crippen molar-refractivity contribution < 1.29 is 19.0 Å². The minimum Gasteiger partial charge on any atom is -0.493 e. The molecule has 4 rings (SSSR count). The predicted molar refractivity (Wildman–Crippen MR) is 112 cm³/mol. The Hall–Kier alpha value is -3.15. The molecule has 1 atom stereocenters. The minimum absolute atomic E-state index is 0.0336. The van der Waals surface area contributed by atoms with Crippen LogP contribution in [-0.2, 0) is 17.8 Å². The van der Waals surface area contributed by atoms with Crippen LogP contribution in [0.2, 0.25) is 0 Å². The standard InChI is InChI=1S/C23H26N2O4/c1-27-19-11-14(12-20(28-2)22(19)29-3)13-24-23(26)17-9-6-8-16-15-7-4-5-10-18(15)25-21(16)17/h4-5,7,10-12,17,25H,6,8-9,13H2,1-3H3,(H,24,26). The zero-order valence-corrected chi connectivity index (χ0v) is 17.0. The number of amides is 1. The summed E-state index contributed by atoms with van der Waals surface area (Å²) in [5.41, 5.74) is 4.32. The summed E-state index contributed by atoms with van der Waals surface area (Å²) in [6.45, 7) is 0.390. The predicted octanol–water partition coefficient (Wildman–Crippen LogP) is 3.93. The molecule has 1 aliphatic rings. The Bertz CT molecular complexity index is 1020. The molecule has 0 fully saturated rings. The first-order chi connectivity index (χ1) is 14.2. The third-order valence-corrected chi connectivity index (χ3v) is 5.62. The van der Waals surface area contributed by atoms with Gasteiger partial charge in [-0.15, -0.1) is 0 Å². The van der Waals surface area contributed by atoms with Crippen LogP contribution in [0.15, 0.2) is 36.4 Å². The van der Waals surface area contributed by atoms with Crippen molar-refractivity contribution in [3.8, 4) is 17.2 Å². The Labute approximate surface area is 170 Å². The van der Waals surface area contributed by atoms with Crippen LogP contribution in [-0.4, -0.2) is 32.2 Å². The summed E-state index contributed by atoms with van der Waals surface area (Å²) < 4.78 is 16.2. The lowest BCUT2D eigenvalue weighted by Gasteiger charge is -2.22. The van der Waals surface area contributed by atoms with E-state index in [2.05, 4.69) is 22.4 Å². The quantitative estimate of drug-likeness (QED) is 0.664. The average molecular weight is 394 g/mol. The Morgan fingerprint density at radius 3 is 2.52 bits per heavy atom. The van der Waals surface area contributed by atoms with Crippen molar-refractivity contribution in [1.82, 2.24) is 10.3 Å². The number of aromatic amines is 1. The zero-order valence-electron chi connectivity index (χ0n) is 17.0. The van der Waals surface area contributed by atoms with Crippen LogP contribution in [0, 0.1) is 0 Å². The average Bonchev–Trinajstić information content (AvgIpc) is 3.15. The molecule has 3 aromatic rings. The van der Waals surface area contributed by atoms with E-state index >= 15 is 0 Å². The van der Waals surface area contributed by atoms with E-state index in [4.69, 9.17) is 14.2 Å². The number of hydrogen-bond donors (Lipinski definition) is 2. The second-order valence-corrected chi connectivity index (χ2v) is 7.26. The van der Waals surface area contributed by atoms with Crippen molar-refractivity contribution >= 4 is 16.8 Å². The number of carbonyl (C=O) groups is 1. The number of carbonyl (C=O) groups excluding carboxylic acids is 1. The van der Waals surface area contributed by atoms with Gasteiger partial charge in [-0.25, -0.2) is 0 Å². The molecule has 2 N–H and O–H groups in total. The van der Waals surface area contributed by atoms with Gasteiger partial charge in [-0.3, -0.25) is 4.79 Å². The molecule has 1 aromatic heterocycles. The molecular formula is C23H26N2O4. The van der Waals surface area contributed by atoms with Crippen LogP contribution in [0.4, 0.5) is 0 Å². The van der Waals surface area contributed by atoms with Gasteiger partial charge >= 0.3 is 0 Å². The summed E-state index contributed by atoms with van der Waals surface area (Å²) >= 11 is 0. The van der Waals surface area contributed by atoms with E-state index in [1.165, 1.54) is 10.9 Å². The molecule has 0 spiro atoms. The topological polar surface area (TPSA) is 72.6 Å². The lowest BCUT2D eigenvalue weighted by atomic mass is 9.86. The number of para-hydroxylation sites is 1. The van der Waals surface area contributed by atoms with Crippen molar-refractivity contribution in [3.05, 3.63) is 53.2 Å². The number of aryl methyl sites for hydroxylation is 1. The van der Waals surface area contributed by atoms with Crippen molar-refractivity contribution in [2.24, 2.45) is 0 Å². The second kappa shape index (κ2) is 8.07. The van der Waals surface area contributed by atoms with Gasteiger partial charge in [-0.1, -0.05) is 18.2 Å². The Balaban J connectivity index is 1.54. The smallest absolute Gasteiger partial charge is 0.229 e. The third-order valence-electron chi connectivity index (χ3n) is 5.62. The van der Waals surface area contributed by atoms with Crippen LogP contribution >= 0.6 is 0 Å². The highest BCUT2D eigenvalue weighted by Gasteiger charge is 2.29. The Morgan fingerprint density at radius 2 is 1.83 bits per heavy atom. The molecule has 1 unspecified atom stereocenters. The number of benzene rings is 2. The molecule has 0 bridgehead atoms. The number of hydrogen-bond acceptors (Lipinski definition) is 4. The molecule has 29 heavy (non-hydrogen) atoms. The molecular weight excluding hydrogens is 368 g/mol. The fraction of sp³-hybridized carbons (Fsp3) is 0.348. The number of nitrogens with one attached hydrogen (secondary N) is 2. The molecule has 0 saturated carbocycles. The zero-order chi connectivity index (χ0) is 20.4. The highest BCUT2D eigenvalue weighted by atomic mass is 16.5. The van der Waals surface area contributed by atoms with Gasteiger partial charge in [0.2, 0.25) is 11.7 Å². The highest BCUT2D eigenvalue weighted by Crippen LogP contribution is 2.39. The van der Waals surface area contributed by atoms with Crippen molar-refractivity contribution in [3.63, 3.8) is 0 Å². The summed E-state index contributed by atoms with van der Waals surface area (Å²) in [7, 11) is 4.74. The van der Waals surface area contributed by atoms with Crippen molar-refractivity contribution in [1.29, 1.82) is 0 Å². The normalized spacial score (nSPS) is 15.6. The van der Waals surface area contributed by atoms with Gasteiger partial charge < -0.3 is 24.5 Å². The van der Waals surface area contributed by atoms with Gasteiger partial charge in [0, 0.05) is 23.1 Å². The molecule has 152 valence electrons. The Morgan fingerprint density at radius 1 is 1.10 bits per heavy atom. The van der Waals surface area contributed by atoms with Crippen LogP contribution in [0.1, 0.15) is 35.6 Å². The maximum Gasteiger partial charge on any atom is 0.229 e. The summed E-state index contributed by atoms with van der Waals surface area (Å²) in [6, 6.07) is 12.0. The van der Waals surface area contributed by atoms with Crippen LogP contribution in [0.5, 0.6) is 17.2 Å². The first-order valence-corrected chi connectivity index (χ1v) is 9.82. The first-order valence-electron chi connectivity index (χ1n) is 9.82. The molecule has 6 heteroatoms. The van der Waals surface area contributed by atoms with Gasteiger partial charge in [-0.05, 0) is 48.6 Å². The van der Waals surface area contributed by atoms with E-state index in [0.29, 0.717) is 23.8 Å². The first kappa shape index (κ1) is 19.2. The fourth-order valence-corrected chi connectivity index (χ4v) is 4.23. The van der Waals surface area contributed by atoms with E-state index in [1.807, 2.05) is 24.3 Å². The van der Waals surface area contributed by atoms with E-state index in [0.717, 1.165) is 36.0 Å². The second-order valence-electron chi connectivity index (χ2n) is 7.26. The number of aromatic nitrogens is 1. The summed E-state index contributed by atoms with van der Waals surface area (Å²) in [5, 5.41) is 4.31. The molecule has 1 aliphatic carbocycles. The molecule has 0 radical (unpaired) electrons. The third kappa shape index (κ3) is 3.50. The van der Waals surface area contributed by atoms with E-state index in [-0.39, 0.29) is 11.8 Å². The van der Waals surface area contributed by atoms with Crippen LogP contribution in [0.25, 0.3) is 10.9 Å². The molecule has 0 saturated heterocycles. The van der Waals surface area contributed by atoms with Crippen molar-refractivity contribution in [2.45, 2.75) is 31.7 Å².